The molecule has 2 aromatic rings. The molecule has 2 saturated heterocycles. The minimum Gasteiger partial charge on any atom is -0.467 e. The van der Waals surface area contributed by atoms with Crippen LogP contribution in [0.1, 0.15) is 43.0 Å². The number of carbonyl (C=O) groups is 2. The van der Waals surface area contributed by atoms with E-state index in [1.807, 2.05) is 35.2 Å². The van der Waals surface area contributed by atoms with Crippen LogP contribution in [0, 0.1) is 5.92 Å². The predicted molar refractivity (Wildman–Crippen MR) is 97.0 cm³/mol. The number of benzene rings is 1. The van der Waals surface area contributed by atoms with Crippen molar-refractivity contribution in [2.75, 3.05) is 13.1 Å². The third kappa shape index (κ3) is 3.39. The lowest BCUT2D eigenvalue weighted by Gasteiger charge is -2.37. The van der Waals surface area contributed by atoms with E-state index in [9.17, 15) is 9.59 Å². The van der Waals surface area contributed by atoms with Crippen LogP contribution < -0.4 is 0 Å². The number of amides is 2. The molecule has 0 aliphatic carbocycles. The lowest BCUT2D eigenvalue weighted by molar-refractivity contribution is -0.139. The molecular formula is C21H24N2O3. The summed E-state index contributed by atoms with van der Waals surface area (Å²) in [5, 5.41) is 0. The number of rotatable bonds is 4. The summed E-state index contributed by atoms with van der Waals surface area (Å²) in [6.07, 6.45) is 5.07. The van der Waals surface area contributed by atoms with Gasteiger partial charge in [-0.3, -0.25) is 9.59 Å². The Morgan fingerprint density at radius 1 is 1.12 bits per heavy atom. The molecule has 0 radical (unpaired) electrons. The second kappa shape index (κ2) is 7.36. The van der Waals surface area contributed by atoms with Gasteiger partial charge in [-0.1, -0.05) is 30.3 Å². The second-order valence-electron chi connectivity index (χ2n) is 7.21. The molecule has 5 nitrogen and oxygen atoms in total. The molecule has 2 aliphatic rings. The van der Waals surface area contributed by atoms with Crippen molar-refractivity contribution >= 4 is 11.8 Å². The van der Waals surface area contributed by atoms with Crippen molar-refractivity contribution in [3.8, 4) is 0 Å². The number of hydrogen-bond donors (Lipinski definition) is 0. The number of carbonyl (C=O) groups excluding carboxylic acids is 2. The van der Waals surface area contributed by atoms with Gasteiger partial charge in [-0.15, -0.1) is 0 Å². The van der Waals surface area contributed by atoms with E-state index >= 15 is 0 Å². The highest BCUT2D eigenvalue weighted by molar-refractivity contribution is 5.89. The molecule has 0 bridgehead atoms. The summed E-state index contributed by atoms with van der Waals surface area (Å²) in [6, 6.07) is 14.0. The molecule has 2 aliphatic heterocycles. The van der Waals surface area contributed by atoms with E-state index in [1.54, 1.807) is 11.2 Å². The Balaban J connectivity index is 1.46. The molecule has 5 heteroatoms. The van der Waals surface area contributed by atoms with Gasteiger partial charge in [-0.05, 0) is 37.0 Å². The fraction of sp³-hybridized carbons (Fsp3) is 0.429. The van der Waals surface area contributed by atoms with Crippen molar-refractivity contribution in [1.82, 2.24) is 9.80 Å². The van der Waals surface area contributed by atoms with Gasteiger partial charge in [0.1, 0.15) is 5.76 Å². The van der Waals surface area contributed by atoms with Gasteiger partial charge in [0.25, 0.3) is 0 Å². The SMILES string of the molecule is O=C1C[C@@H](C(=O)N2CCCC[C@H]2c2ccccc2)CN1Cc1ccco1. The summed E-state index contributed by atoms with van der Waals surface area (Å²) in [7, 11) is 0. The van der Waals surface area contributed by atoms with Gasteiger partial charge < -0.3 is 14.2 Å². The van der Waals surface area contributed by atoms with Crippen LogP contribution in [-0.2, 0) is 16.1 Å². The molecule has 136 valence electrons. The molecule has 26 heavy (non-hydrogen) atoms. The van der Waals surface area contributed by atoms with Crippen LogP contribution in [0.15, 0.2) is 53.1 Å². The van der Waals surface area contributed by atoms with Crippen LogP contribution in [0.2, 0.25) is 0 Å². The summed E-state index contributed by atoms with van der Waals surface area (Å²) in [4.78, 5) is 29.3. The zero-order chi connectivity index (χ0) is 17.9. The zero-order valence-corrected chi connectivity index (χ0v) is 14.8. The smallest absolute Gasteiger partial charge is 0.228 e. The first-order valence-corrected chi connectivity index (χ1v) is 9.38. The minimum absolute atomic E-state index is 0.0352. The summed E-state index contributed by atoms with van der Waals surface area (Å²) in [5.74, 6) is 0.662. The highest BCUT2D eigenvalue weighted by Gasteiger charge is 2.39. The molecule has 1 aromatic carbocycles. The van der Waals surface area contributed by atoms with Gasteiger partial charge in [0, 0.05) is 19.5 Å². The van der Waals surface area contributed by atoms with Crippen LogP contribution in [0.5, 0.6) is 0 Å². The van der Waals surface area contributed by atoms with Crippen LogP contribution >= 0.6 is 0 Å². The molecular weight excluding hydrogens is 328 g/mol. The summed E-state index contributed by atoms with van der Waals surface area (Å²) >= 11 is 0. The monoisotopic (exact) mass is 352 g/mol. The first-order chi connectivity index (χ1) is 12.7. The number of piperidine rings is 1. The maximum Gasteiger partial charge on any atom is 0.228 e. The number of nitrogens with zero attached hydrogens (tertiary/aromatic N) is 2. The highest BCUT2D eigenvalue weighted by atomic mass is 16.3. The average Bonchev–Trinajstić information content (AvgIpc) is 3.32. The third-order valence-electron chi connectivity index (χ3n) is 5.46. The average molecular weight is 352 g/mol. The Morgan fingerprint density at radius 3 is 2.73 bits per heavy atom. The fourth-order valence-electron chi connectivity index (χ4n) is 4.13. The quantitative estimate of drug-likeness (QED) is 0.848. The lowest BCUT2D eigenvalue weighted by atomic mass is 9.93. The van der Waals surface area contributed by atoms with Crippen molar-refractivity contribution in [1.29, 1.82) is 0 Å². The standard InChI is InChI=1S/C21H24N2O3/c24-20-13-17(14-22(20)15-18-9-6-12-26-18)21(25)23-11-5-4-10-19(23)16-7-2-1-3-8-16/h1-3,6-9,12,17,19H,4-5,10-11,13-15H2/t17-,19+/m1/s1. The molecule has 1 aromatic heterocycles. The molecule has 4 rings (SSSR count). The van der Waals surface area contributed by atoms with Crippen LogP contribution in [0.4, 0.5) is 0 Å². The van der Waals surface area contributed by atoms with E-state index in [-0.39, 0.29) is 23.8 Å². The fourth-order valence-corrected chi connectivity index (χ4v) is 4.13. The van der Waals surface area contributed by atoms with Crippen LogP contribution in [0.3, 0.4) is 0 Å². The van der Waals surface area contributed by atoms with Gasteiger partial charge in [-0.2, -0.15) is 0 Å². The summed E-state index contributed by atoms with van der Waals surface area (Å²) in [6.45, 7) is 1.70. The van der Waals surface area contributed by atoms with E-state index in [1.165, 1.54) is 5.56 Å². The van der Waals surface area contributed by atoms with Crippen LogP contribution in [-0.4, -0.2) is 34.7 Å². The van der Waals surface area contributed by atoms with Crippen molar-refractivity contribution < 1.29 is 14.0 Å². The lowest BCUT2D eigenvalue weighted by Crippen LogP contribution is -2.42. The predicted octanol–water partition coefficient (Wildman–Crippen LogP) is 3.38. The Labute approximate surface area is 153 Å². The van der Waals surface area contributed by atoms with Gasteiger partial charge in [0.05, 0.1) is 24.8 Å². The van der Waals surface area contributed by atoms with E-state index < -0.39 is 0 Å². The Morgan fingerprint density at radius 2 is 1.96 bits per heavy atom. The number of furan rings is 1. The van der Waals surface area contributed by atoms with E-state index in [2.05, 4.69) is 12.1 Å². The van der Waals surface area contributed by atoms with E-state index in [0.717, 1.165) is 31.6 Å². The van der Waals surface area contributed by atoms with Gasteiger partial charge in [0.15, 0.2) is 0 Å². The molecule has 2 fully saturated rings. The number of hydrogen-bond acceptors (Lipinski definition) is 3. The van der Waals surface area contributed by atoms with Crippen molar-refractivity contribution in [2.45, 2.75) is 38.3 Å². The van der Waals surface area contributed by atoms with E-state index in [0.29, 0.717) is 19.5 Å². The summed E-state index contributed by atoms with van der Waals surface area (Å²) in [5.41, 5.74) is 1.19. The van der Waals surface area contributed by atoms with Crippen molar-refractivity contribution in [2.24, 2.45) is 5.92 Å². The maximum absolute atomic E-state index is 13.2. The number of likely N-dealkylation sites (tertiary alicyclic amines) is 2. The molecule has 0 spiro atoms. The Hall–Kier alpha value is -2.56. The van der Waals surface area contributed by atoms with Gasteiger partial charge in [0.2, 0.25) is 11.8 Å². The molecule has 0 N–H and O–H groups in total. The summed E-state index contributed by atoms with van der Waals surface area (Å²) < 4.78 is 5.34. The van der Waals surface area contributed by atoms with E-state index in [4.69, 9.17) is 4.42 Å². The van der Waals surface area contributed by atoms with Crippen molar-refractivity contribution in [3.63, 3.8) is 0 Å². The Kier molecular flexibility index (Phi) is 4.78. The molecule has 3 heterocycles. The first kappa shape index (κ1) is 16.9. The second-order valence-corrected chi connectivity index (χ2v) is 7.21. The molecule has 2 amide bonds. The topological polar surface area (TPSA) is 53.8 Å². The largest absolute Gasteiger partial charge is 0.467 e. The Bertz CT molecular complexity index is 757. The van der Waals surface area contributed by atoms with Crippen LogP contribution in [0.25, 0.3) is 0 Å². The zero-order valence-electron chi connectivity index (χ0n) is 14.8. The molecule has 0 saturated carbocycles. The van der Waals surface area contributed by atoms with Gasteiger partial charge in [-0.25, -0.2) is 0 Å². The maximum atomic E-state index is 13.2. The van der Waals surface area contributed by atoms with Gasteiger partial charge >= 0.3 is 0 Å². The molecule has 0 unspecified atom stereocenters. The normalized spacial score (nSPS) is 23.5. The highest BCUT2D eigenvalue weighted by Crippen LogP contribution is 2.33. The molecule has 2 atom stereocenters. The third-order valence-corrected chi connectivity index (χ3v) is 5.46. The first-order valence-electron chi connectivity index (χ1n) is 9.38. The van der Waals surface area contributed by atoms with Crippen molar-refractivity contribution in [3.05, 3.63) is 60.1 Å². The minimum atomic E-state index is -0.248.